The molecule has 4 amide bonds. The molecule has 0 unspecified atom stereocenters. The van der Waals surface area contributed by atoms with Crippen LogP contribution in [0.5, 0.6) is 0 Å². The van der Waals surface area contributed by atoms with E-state index in [1.165, 1.54) is 11.4 Å². The van der Waals surface area contributed by atoms with Crippen molar-refractivity contribution < 1.29 is 33.9 Å². The number of H-pyrrole nitrogens is 4. The second-order valence-electron chi connectivity index (χ2n) is 35.5. The van der Waals surface area contributed by atoms with Crippen LogP contribution in [0.1, 0.15) is 381 Å². The molecule has 0 spiro atoms. The molecule has 0 saturated heterocycles. The number of tetrazole rings is 2. The number of aromatic amines is 4. The van der Waals surface area contributed by atoms with Crippen LogP contribution in [0.2, 0.25) is 0 Å². The van der Waals surface area contributed by atoms with Gasteiger partial charge in [-0.15, -0.1) is 30.3 Å². The molecule has 0 fully saturated rings. The number of hydrogen-bond acceptors (Lipinski definition) is 22. The Labute approximate surface area is 726 Å². The van der Waals surface area contributed by atoms with Crippen molar-refractivity contribution in [2.45, 2.75) is 371 Å². The largest absolute Gasteiger partial charge is 0.512 e. The van der Waals surface area contributed by atoms with E-state index in [1.807, 2.05) is 198 Å². The number of amidine groups is 3. The number of aliphatic hydroxyl groups excluding tert-OH is 1. The highest BCUT2D eigenvalue weighted by Gasteiger charge is 2.18. The van der Waals surface area contributed by atoms with Crippen molar-refractivity contribution in [3.8, 4) is 0 Å². The van der Waals surface area contributed by atoms with E-state index in [9.17, 15) is 24.0 Å². The molecule has 6 heterocycles. The highest BCUT2D eigenvalue weighted by Crippen LogP contribution is 2.17. The molecule has 0 aromatic carbocycles. The van der Waals surface area contributed by atoms with Gasteiger partial charge in [0.2, 0.25) is 34.1 Å². The Morgan fingerprint density at radius 2 is 0.800 bits per heavy atom. The monoisotopic (exact) mass is 1700 g/mol. The first-order valence-corrected chi connectivity index (χ1v) is 42.9. The van der Waals surface area contributed by atoms with E-state index in [2.05, 4.69) is 215 Å². The zero-order chi connectivity index (χ0) is 95.7. The lowest BCUT2D eigenvalue weighted by atomic mass is 9.99. The summed E-state index contributed by atoms with van der Waals surface area (Å²) in [5.41, 5.74) is 24.3. The van der Waals surface area contributed by atoms with Crippen molar-refractivity contribution >= 4 is 52.6 Å². The first-order chi connectivity index (χ1) is 54.9. The number of nitrogens with zero attached hydrogens (tertiary/aromatic N) is 17. The van der Waals surface area contributed by atoms with Gasteiger partial charge in [0.05, 0.1) is 29.1 Å². The Balaban J connectivity index is -0.000000188. The molecule has 0 bridgehead atoms. The first kappa shape index (κ1) is 126. The number of carbonyl (C=O) groups is 5. The summed E-state index contributed by atoms with van der Waals surface area (Å²) in [6.45, 7) is 89.0. The van der Waals surface area contributed by atoms with Gasteiger partial charge < -0.3 is 48.6 Å². The van der Waals surface area contributed by atoms with E-state index in [0.717, 1.165) is 47.1 Å². The van der Waals surface area contributed by atoms with Gasteiger partial charge in [0, 0.05) is 125 Å². The fraction of sp³-hybridized carbons (Fsp3) is 0.782. The maximum Gasteiger partial charge on any atom is 0.399 e. The molecule has 0 atom stereocenters. The van der Waals surface area contributed by atoms with Crippen LogP contribution < -0.4 is 33.6 Å². The number of aliphatic hydroxyl groups is 1. The van der Waals surface area contributed by atoms with Crippen LogP contribution in [-0.4, -0.2) is 154 Å². The lowest BCUT2D eigenvalue weighted by molar-refractivity contribution is -0.125. The summed E-state index contributed by atoms with van der Waals surface area (Å²) in [6, 6.07) is 1.18. The molecule has 0 saturated carbocycles. The van der Waals surface area contributed by atoms with E-state index < -0.39 is 0 Å². The third-order valence-electron chi connectivity index (χ3n) is 14.7. The average molecular weight is 1700 g/mol. The minimum Gasteiger partial charge on any atom is -0.512 e. The molecule has 2 aliphatic heterocycles. The van der Waals surface area contributed by atoms with Crippen LogP contribution >= 0.6 is 0 Å². The maximum absolute atomic E-state index is 11.0. The predicted octanol–water partition coefficient (Wildman–Crippen LogP) is 18.9. The summed E-state index contributed by atoms with van der Waals surface area (Å²) in [5, 5.41) is 62.7. The quantitative estimate of drug-likeness (QED) is 0.0142. The summed E-state index contributed by atoms with van der Waals surface area (Å²) in [4.78, 5) is 79.6. The molecule has 33 heteroatoms. The molecule has 6 rings (SSSR count). The highest BCUT2D eigenvalue weighted by molar-refractivity contribution is 5.88. The minimum absolute atomic E-state index is 0.00926. The second kappa shape index (κ2) is 73.7. The Morgan fingerprint density at radius 1 is 0.450 bits per heavy atom. The lowest BCUT2D eigenvalue weighted by Crippen LogP contribution is -2.33. The van der Waals surface area contributed by atoms with Gasteiger partial charge in [-0.1, -0.05) is 260 Å². The third-order valence-corrected chi connectivity index (χ3v) is 14.7. The SMILES string of the molecule is CC(C)/C=C(\O)C(C)C.CC(C)C(N)=O.CC(C)C(N)=O.CC(C)C1=NN=NC1.CC(C)C1=[N+]=NN=N1.CC(C)CC(=O)C(C)C.CC(C)N=C(N)C(C)C.CC(C)N=C(N)C(C)C.CC(C)NC(=O)C(C)C.CC(C)NC(=O)C(C)C.CC(C)c1cnc(C(C)C)[nH]1.CC(C)c1cnc(C(C)C)[nH]1.CC(C)c1nn[nH]n1.CC(C)c1nn[nH]n1. The van der Waals surface area contributed by atoms with Crippen molar-refractivity contribution in [2.75, 3.05) is 6.54 Å². The molecular formula is C87H176N27O6+. The smallest absolute Gasteiger partial charge is 0.399 e. The normalized spacial score (nSPS) is 12.0. The number of aliphatic imine (C=N–C) groups is 2. The molecule has 2 aliphatic rings. The third kappa shape index (κ3) is 81.2. The van der Waals surface area contributed by atoms with Gasteiger partial charge in [-0.2, -0.15) is 15.5 Å². The topological polar surface area (TPSA) is 513 Å². The summed E-state index contributed by atoms with van der Waals surface area (Å²) in [6.07, 6.45) is 6.47. The van der Waals surface area contributed by atoms with Crippen molar-refractivity contribution in [3.63, 3.8) is 0 Å². The number of imidazole rings is 2. The van der Waals surface area contributed by atoms with Crippen LogP contribution in [0.25, 0.3) is 0 Å². The van der Waals surface area contributed by atoms with Gasteiger partial charge in [0.1, 0.15) is 29.1 Å². The zero-order valence-electron chi connectivity index (χ0n) is 83.2. The fourth-order valence-electron chi connectivity index (χ4n) is 6.58. The zero-order valence-corrected chi connectivity index (χ0v) is 83.2. The van der Waals surface area contributed by atoms with Gasteiger partial charge >= 0.3 is 5.84 Å². The predicted molar refractivity (Wildman–Crippen MR) is 497 cm³/mol. The molecule has 0 radical (unpaired) electrons. The molecule has 0 aliphatic carbocycles. The number of nitrogens with two attached hydrogens (primary N) is 4. The van der Waals surface area contributed by atoms with Gasteiger partial charge in [-0.3, -0.25) is 34.0 Å². The van der Waals surface area contributed by atoms with Crippen molar-refractivity contribution in [2.24, 2.45) is 135 Å². The van der Waals surface area contributed by atoms with E-state index >= 15 is 0 Å². The number of carbonyl (C=O) groups excluding carboxylic acids is 5. The van der Waals surface area contributed by atoms with E-state index in [4.69, 9.17) is 28.0 Å². The van der Waals surface area contributed by atoms with Gasteiger partial charge in [0.15, 0.2) is 11.6 Å². The number of ketones is 1. The highest BCUT2D eigenvalue weighted by atomic mass is 16.3. The van der Waals surface area contributed by atoms with E-state index in [-0.39, 0.29) is 71.2 Å². The van der Waals surface area contributed by atoms with E-state index in [0.29, 0.717) is 107 Å². The number of primary amides is 2. The Kier molecular flexibility index (Phi) is 77.7. The molecule has 694 valence electrons. The van der Waals surface area contributed by atoms with Crippen LogP contribution in [0.15, 0.2) is 65.2 Å². The number of aromatic nitrogens is 12. The molecule has 15 N–H and O–H groups in total. The van der Waals surface area contributed by atoms with E-state index in [1.54, 1.807) is 27.7 Å². The van der Waals surface area contributed by atoms with Crippen LogP contribution in [0.3, 0.4) is 0 Å². The molecule has 4 aromatic heterocycles. The van der Waals surface area contributed by atoms with Crippen LogP contribution in [0, 0.1) is 71.0 Å². The van der Waals surface area contributed by atoms with Crippen molar-refractivity contribution in [1.82, 2.24) is 71.8 Å². The van der Waals surface area contributed by atoms with Crippen LogP contribution in [0.4, 0.5) is 0 Å². The van der Waals surface area contributed by atoms with Gasteiger partial charge in [0.25, 0.3) is 0 Å². The molecule has 4 aromatic rings. The van der Waals surface area contributed by atoms with Gasteiger partial charge in [-0.25, -0.2) is 9.97 Å². The van der Waals surface area contributed by atoms with Crippen molar-refractivity contribution in [3.05, 3.63) is 58.9 Å². The standard InChI is InChI=1S/2C9H16N2.2C8H16O.2C7H16N2.2C7H15NO.C5H9N3.2C4H8N4.C4H7N4.2C4H9NO/c2*1-6(2)8-5-10-9(11-8)7(3)4;2*1-6(2)5-8(9)7(3)4;2*1-5(2)7(8)9-6(3)4;2*1-5(2)7(9)8-6(3)4;1-4(2)5-3-6-8-7-5;3*1-3(2)4-5-7-8-6-4;2*1-3(2)4(5)6/h2*5-7H,1-4H3,(H,10,11);6-7H,5H2,1-4H3;5-7,9H,1-4H3;2*5-6H,1-4H3,(H2,8,9);2*5-6H,1-4H3,(H,8,9);4H,3H2,1-2H3;2*3H,1-2H3,(H,5,6,7,8);3H,1-2H3;2*3H,1-2H3,(H2,5,6)/q;;;;;;;;;;;+1;;/b;;;8-5-;;;;;;;;;;. The summed E-state index contributed by atoms with van der Waals surface area (Å²) in [7, 11) is 0. The summed E-state index contributed by atoms with van der Waals surface area (Å²) < 4.78 is 0. The first-order valence-electron chi connectivity index (χ1n) is 42.9. The number of allylic oxidation sites excluding steroid dienone is 2. The number of amides is 4. The Bertz CT molecular complexity index is 3180. The Morgan fingerprint density at radius 3 is 0.908 bits per heavy atom. The summed E-state index contributed by atoms with van der Waals surface area (Å²) >= 11 is 0. The second-order valence-corrected chi connectivity index (χ2v) is 35.5. The number of rotatable bonds is 23. The number of Topliss-reactive ketones (excluding diaryl/α,β-unsaturated/α-hetero) is 1. The van der Waals surface area contributed by atoms with Crippen molar-refractivity contribution in [1.29, 1.82) is 0 Å². The Hall–Kier alpha value is -9.16. The summed E-state index contributed by atoms with van der Waals surface area (Å²) in [5.74, 6) is 12.7. The van der Waals surface area contributed by atoms with Crippen LogP contribution in [-0.2, 0) is 24.0 Å². The minimum atomic E-state index is -0.241. The number of nitrogens with one attached hydrogen (secondary N) is 6. The fourth-order valence-corrected chi connectivity index (χ4v) is 6.58. The average Bonchev–Trinajstić information content (AvgIpc) is 1.77. The molecule has 120 heavy (non-hydrogen) atoms. The number of hydrogen-bond donors (Lipinski definition) is 11. The lowest BCUT2D eigenvalue weighted by Gasteiger charge is -2.09. The maximum atomic E-state index is 11.0. The van der Waals surface area contributed by atoms with Gasteiger partial charge in [-0.05, 0) is 96.3 Å². The molecule has 33 nitrogen and oxygen atoms in total. The molecular weight excluding hydrogens is 1520 g/mol.